The number of esters is 1. The standard InChI is InChI=1S/C28H41FN3O9PS/c1-7-40-42(36,41-8-2)15-16-43(37,38)32(5)28-30-26(19(3)4)24(27(31-28)20-9-11-21(29)12-10-20)14-13-22(33)17-23(34)18-25(35)39-6/h9-14,19,22-23,33-34H,7-8,15-18H2,1-6H3/b14-13+/t22-,23-/m1/s1. The van der Waals surface area contributed by atoms with Gasteiger partial charge in [0.05, 0.1) is 62.3 Å². The number of anilines is 1. The monoisotopic (exact) mass is 645 g/mol. The van der Waals surface area contributed by atoms with Crippen molar-refractivity contribution < 1.29 is 46.2 Å². The zero-order valence-corrected chi connectivity index (χ0v) is 27.0. The second kappa shape index (κ2) is 16.4. The van der Waals surface area contributed by atoms with Gasteiger partial charge in [-0.3, -0.25) is 9.36 Å². The molecule has 0 saturated carbocycles. The van der Waals surface area contributed by atoms with Gasteiger partial charge in [-0.25, -0.2) is 27.1 Å². The Morgan fingerprint density at radius 1 is 1.12 bits per heavy atom. The zero-order valence-electron chi connectivity index (χ0n) is 25.3. The van der Waals surface area contributed by atoms with Gasteiger partial charge < -0.3 is 24.0 Å². The van der Waals surface area contributed by atoms with Gasteiger partial charge >= 0.3 is 13.6 Å². The van der Waals surface area contributed by atoms with Gasteiger partial charge in [-0.2, -0.15) is 0 Å². The molecular weight excluding hydrogens is 604 g/mol. The van der Waals surface area contributed by atoms with Gasteiger partial charge in [-0.05, 0) is 44.0 Å². The van der Waals surface area contributed by atoms with Crippen LogP contribution in [0.15, 0.2) is 30.3 Å². The Kier molecular flexibility index (Phi) is 13.9. The first kappa shape index (κ1) is 36.5. The zero-order chi connectivity index (χ0) is 32.4. The van der Waals surface area contributed by atoms with E-state index in [0.717, 1.165) is 4.31 Å². The summed E-state index contributed by atoms with van der Waals surface area (Å²) in [7, 11) is -5.27. The van der Waals surface area contributed by atoms with E-state index in [0.29, 0.717) is 16.8 Å². The lowest BCUT2D eigenvalue weighted by Crippen LogP contribution is -2.32. The molecule has 12 nitrogen and oxygen atoms in total. The molecule has 0 amide bonds. The number of hydrogen-bond acceptors (Lipinski definition) is 11. The number of methoxy groups -OCH3 is 1. The number of aromatic nitrogens is 2. The van der Waals surface area contributed by atoms with E-state index in [4.69, 9.17) is 9.05 Å². The predicted octanol–water partition coefficient (Wildman–Crippen LogP) is 4.13. The predicted molar refractivity (Wildman–Crippen MR) is 162 cm³/mol. The third kappa shape index (κ3) is 10.7. The molecule has 2 rings (SSSR count). The summed E-state index contributed by atoms with van der Waals surface area (Å²) in [5.41, 5.74) is 1.59. The molecule has 0 aliphatic rings. The lowest BCUT2D eigenvalue weighted by Gasteiger charge is -2.23. The highest BCUT2D eigenvalue weighted by atomic mass is 32.2. The molecule has 15 heteroatoms. The van der Waals surface area contributed by atoms with Crippen molar-refractivity contribution in [2.75, 3.05) is 43.6 Å². The van der Waals surface area contributed by atoms with Crippen LogP contribution in [0.1, 0.15) is 57.7 Å². The van der Waals surface area contributed by atoms with E-state index in [1.165, 1.54) is 44.5 Å². The summed E-state index contributed by atoms with van der Waals surface area (Å²) < 4.78 is 69.2. The molecular formula is C28H41FN3O9PS. The largest absolute Gasteiger partial charge is 0.469 e. The molecule has 2 N–H and O–H groups in total. The van der Waals surface area contributed by atoms with Gasteiger partial charge in [-0.15, -0.1) is 0 Å². The number of rotatable bonds is 17. The van der Waals surface area contributed by atoms with Crippen molar-refractivity contribution in [3.63, 3.8) is 0 Å². The Hall–Kier alpha value is -2.74. The van der Waals surface area contributed by atoms with Crippen molar-refractivity contribution in [2.24, 2.45) is 0 Å². The molecule has 1 aromatic carbocycles. The Balaban J connectivity index is 2.55. The maximum Gasteiger partial charge on any atom is 0.331 e. The molecule has 0 fully saturated rings. The lowest BCUT2D eigenvalue weighted by atomic mass is 9.97. The molecule has 1 heterocycles. The fourth-order valence-electron chi connectivity index (χ4n) is 4.02. The Morgan fingerprint density at radius 3 is 2.26 bits per heavy atom. The number of halogens is 1. The summed E-state index contributed by atoms with van der Waals surface area (Å²) in [6, 6.07) is 5.43. The lowest BCUT2D eigenvalue weighted by molar-refractivity contribution is -0.143. The van der Waals surface area contributed by atoms with E-state index in [-0.39, 0.29) is 49.8 Å². The number of carbonyl (C=O) groups is 1. The van der Waals surface area contributed by atoms with Crippen molar-refractivity contribution in [3.05, 3.63) is 47.4 Å². The molecule has 0 bridgehead atoms. The van der Waals surface area contributed by atoms with Crippen LogP contribution in [0.5, 0.6) is 0 Å². The summed E-state index contributed by atoms with van der Waals surface area (Å²) in [6.07, 6.45) is -0.172. The van der Waals surface area contributed by atoms with Gasteiger partial charge in [-0.1, -0.05) is 26.0 Å². The van der Waals surface area contributed by atoms with E-state index in [1.54, 1.807) is 19.9 Å². The van der Waals surface area contributed by atoms with Crippen LogP contribution in [-0.4, -0.2) is 86.1 Å². The minimum absolute atomic E-state index is 0.0863. The van der Waals surface area contributed by atoms with E-state index in [1.807, 2.05) is 13.8 Å². The number of sulfonamides is 1. The topological polar surface area (TPSA) is 165 Å². The first-order chi connectivity index (χ1) is 20.2. The molecule has 240 valence electrons. The molecule has 2 aromatic rings. The summed E-state index contributed by atoms with van der Waals surface area (Å²) in [6.45, 7) is 7.10. The molecule has 0 aliphatic carbocycles. The number of carbonyl (C=O) groups excluding carboxylic acids is 1. The smallest absolute Gasteiger partial charge is 0.331 e. The Labute approximate surface area is 252 Å². The minimum atomic E-state index is -4.10. The SMILES string of the molecule is CCOP(=O)(CCS(=O)(=O)N(C)c1nc(-c2ccc(F)cc2)c(/C=C/[C@@H](O)C[C@@H](O)CC(=O)OC)c(C(C)C)n1)OCC. The highest BCUT2D eigenvalue weighted by molar-refractivity contribution is 7.93. The molecule has 43 heavy (non-hydrogen) atoms. The second-order valence-electron chi connectivity index (χ2n) is 9.88. The first-order valence-electron chi connectivity index (χ1n) is 13.8. The van der Waals surface area contributed by atoms with Crippen LogP contribution in [0.2, 0.25) is 0 Å². The number of hydrogen-bond donors (Lipinski definition) is 2. The van der Waals surface area contributed by atoms with Crippen molar-refractivity contribution in [3.8, 4) is 11.3 Å². The number of aliphatic hydroxyl groups is 2. The Morgan fingerprint density at radius 2 is 1.72 bits per heavy atom. The average molecular weight is 646 g/mol. The fraction of sp³-hybridized carbons (Fsp3) is 0.536. The van der Waals surface area contributed by atoms with E-state index in [9.17, 15) is 32.4 Å². The van der Waals surface area contributed by atoms with E-state index >= 15 is 0 Å². The minimum Gasteiger partial charge on any atom is -0.469 e. The second-order valence-corrected chi connectivity index (χ2v) is 14.2. The van der Waals surface area contributed by atoms with Crippen molar-refractivity contribution in [2.45, 2.75) is 58.7 Å². The molecule has 0 aliphatic heterocycles. The third-order valence-corrected chi connectivity index (χ3v) is 10.3. The Bertz CT molecular complexity index is 1390. The van der Waals surface area contributed by atoms with Gasteiger partial charge in [0.1, 0.15) is 5.82 Å². The molecule has 0 saturated heterocycles. The van der Waals surface area contributed by atoms with Gasteiger partial charge in [0.15, 0.2) is 0 Å². The number of benzene rings is 1. The molecule has 1 aromatic heterocycles. The number of ether oxygens (including phenoxy) is 1. The van der Waals surface area contributed by atoms with Crippen LogP contribution >= 0.6 is 7.60 Å². The maximum atomic E-state index is 13.8. The van der Waals surface area contributed by atoms with Gasteiger partial charge in [0.2, 0.25) is 16.0 Å². The quantitative estimate of drug-likeness (QED) is 0.188. The summed E-state index contributed by atoms with van der Waals surface area (Å²) in [5.74, 6) is -2.09. The molecule has 0 spiro atoms. The number of aliphatic hydroxyl groups excluding tert-OH is 2. The molecule has 2 atom stereocenters. The van der Waals surface area contributed by atoms with Gasteiger partial charge in [0.25, 0.3) is 0 Å². The summed E-state index contributed by atoms with van der Waals surface area (Å²) in [4.78, 5) is 20.5. The normalized spacial score (nSPS) is 13.8. The first-order valence-corrected chi connectivity index (χ1v) is 17.1. The fourth-order valence-corrected chi connectivity index (χ4v) is 7.56. The van der Waals surface area contributed by atoms with Crippen LogP contribution in [-0.2, 0) is 33.2 Å². The van der Waals surface area contributed by atoms with Crippen LogP contribution in [0.25, 0.3) is 17.3 Å². The molecule has 0 unspecified atom stereocenters. The maximum absolute atomic E-state index is 13.8. The van der Waals surface area contributed by atoms with Crippen LogP contribution in [0, 0.1) is 5.82 Å². The highest BCUT2D eigenvalue weighted by Crippen LogP contribution is 2.48. The number of nitrogens with zero attached hydrogens (tertiary/aromatic N) is 3. The van der Waals surface area contributed by atoms with Crippen LogP contribution in [0.4, 0.5) is 10.3 Å². The highest BCUT2D eigenvalue weighted by Gasteiger charge is 2.31. The van der Waals surface area contributed by atoms with E-state index < -0.39 is 47.4 Å². The molecule has 0 radical (unpaired) electrons. The average Bonchev–Trinajstić information content (AvgIpc) is 2.94. The summed E-state index contributed by atoms with van der Waals surface area (Å²) >= 11 is 0. The van der Waals surface area contributed by atoms with Crippen LogP contribution in [0.3, 0.4) is 0 Å². The van der Waals surface area contributed by atoms with Crippen molar-refractivity contribution in [1.29, 1.82) is 0 Å². The van der Waals surface area contributed by atoms with Crippen molar-refractivity contribution >= 4 is 35.6 Å². The summed E-state index contributed by atoms with van der Waals surface area (Å²) in [5, 5.41) is 20.6. The third-order valence-electron chi connectivity index (χ3n) is 6.23. The van der Waals surface area contributed by atoms with Crippen molar-refractivity contribution in [1.82, 2.24) is 9.97 Å². The van der Waals surface area contributed by atoms with Gasteiger partial charge in [0, 0.05) is 24.6 Å². The van der Waals surface area contributed by atoms with E-state index in [2.05, 4.69) is 14.7 Å². The van der Waals surface area contributed by atoms with Crippen LogP contribution < -0.4 is 4.31 Å².